The van der Waals surface area contributed by atoms with Crippen LogP contribution < -0.4 is 9.79 Å². The summed E-state index contributed by atoms with van der Waals surface area (Å²) in [4.78, 5) is 18.6. The fraction of sp³-hybridized carbons (Fsp3) is 1.00. The first-order valence-corrected chi connectivity index (χ1v) is 4.12. The minimum Gasteiger partial charge on any atom is -0.781 e. The quantitative estimate of drug-likeness (QED) is 0.383. The van der Waals surface area contributed by atoms with Crippen LogP contribution in [0, 0.1) is 0 Å². The van der Waals surface area contributed by atoms with Gasteiger partial charge in [0.2, 0.25) is 0 Å². The molecule has 0 aromatic heterocycles. The Bertz CT molecular complexity index is 91.9. The molecule has 1 N–H and O–H groups in total. The Hall–Kier alpha value is 0.469. The Kier molecular flexibility index (Phi) is 20.5. The molecule has 0 aliphatic heterocycles. The van der Waals surface area contributed by atoms with E-state index in [1.165, 1.54) is 0 Å². The van der Waals surface area contributed by atoms with Crippen LogP contribution in [0.4, 0.5) is 0 Å². The molecular formula is CH6BeO6P2. The average molecular weight is 185 g/mol. The molecular weight excluding hydrogens is 179 g/mol. The molecule has 10 heavy (non-hydrogen) atoms. The summed E-state index contributed by atoms with van der Waals surface area (Å²) in [6, 6.07) is 0. The van der Waals surface area contributed by atoms with Crippen molar-refractivity contribution in [2.45, 2.75) is 0 Å². The van der Waals surface area contributed by atoms with Crippen LogP contribution >= 0.6 is 16.5 Å². The van der Waals surface area contributed by atoms with Crippen molar-refractivity contribution in [1.82, 2.24) is 0 Å². The van der Waals surface area contributed by atoms with Gasteiger partial charge in [0.15, 0.2) is 0 Å². The predicted molar refractivity (Wildman–Crippen MR) is 33.0 cm³/mol. The number of aliphatic hydroxyl groups excluding tert-OH is 1. The Morgan fingerprint density at radius 3 is 1.40 bits per heavy atom. The molecule has 0 aliphatic rings. The summed E-state index contributed by atoms with van der Waals surface area (Å²) in [7, 11) is -6.03. The monoisotopic (exact) mass is 185 g/mol. The fourth-order valence-electron chi connectivity index (χ4n) is 0.0680. The first-order chi connectivity index (χ1) is 4.13. The van der Waals surface area contributed by atoms with Gasteiger partial charge in [0, 0.05) is 7.11 Å². The second-order valence-corrected chi connectivity index (χ2v) is 2.42. The third kappa shape index (κ3) is 23.7. The van der Waals surface area contributed by atoms with Crippen LogP contribution in [0.5, 0.6) is 0 Å². The van der Waals surface area contributed by atoms with Crippen molar-refractivity contribution in [3.63, 3.8) is 0 Å². The summed E-state index contributed by atoms with van der Waals surface area (Å²) < 4.78 is 21.8. The zero-order valence-corrected chi connectivity index (χ0v) is 7.20. The molecule has 0 aromatic carbocycles. The average Bonchev–Trinajstić information content (AvgIpc) is 1.68. The van der Waals surface area contributed by atoms with E-state index < -0.39 is 16.5 Å². The Labute approximate surface area is 63.0 Å². The van der Waals surface area contributed by atoms with Crippen molar-refractivity contribution in [2.75, 3.05) is 7.11 Å². The molecule has 0 aromatic rings. The third-order valence-corrected chi connectivity index (χ3v) is 1.50. The molecule has 0 heterocycles. The van der Waals surface area contributed by atoms with Gasteiger partial charge in [-0.15, -0.1) is 0 Å². The van der Waals surface area contributed by atoms with Crippen LogP contribution in [0.15, 0.2) is 0 Å². The summed E-state index contributed by atoms with van der Waals surface area (Å²) in [6.07, 6.45) is 0. The van der Waals surface area contributed by atoms with Gasteiger partial charge in [0.25, 0.3) is 0 Å². The molecule has 0 amide bonds. The molecule has 6 nitrogen and oxygen atoms in total. The van der Waals surface area contributed by atoms with E-state index in [4.69, 9.17) is 5.11 Å². The van der Waals surface area contributed by atoms with E-state index in [1.807, 2.05) is 0 Å². The van der Waals surface area contributed by atoms with Gasteiger partial charge >= 0.3 is 10.1 Å². The van der Waals surface area contributed by atoms with Crippen molar-refractivity contribution < 1.29 is 28.3 Å². The maximum atomic E-state index is 9.29. The minimum absolute atomic E-state index is 0. The number of rotatable bonds is 2. The molecule has 0 aliphatic carbocycles. The number of hydrogen-bond donors (Lipinski definition) is 1. The van der Waals surface area contributed by atoms with E-state index in [-0.39, 0.29) is 10.1 Å². The summed E-state index contributed by atoms with van der Waals surface area (Å²) in [5.41, 5.74) is 0. The van der Waals surface area contributed by atoms with E-state index in [0.717, 1.165) is 7.11 Å². The van der Waals surface area contributed by atoms with E-state index in [0.29, 0.717) is 0 Å². The molecule has 9 heteroatoms. The van der Waals surface area contributed by atoms with E-state index in [9.17, 15) is 18.9 Å². The van der Waals surface area contributed by atoms with Gasteiger partial charge in [-0.3, -0.25) is 4.31 Å². The van der Waals surface area contributed by atoms with Gasteiger partial charge in [0.1, 0.15) is 16.5 Å². The van der Waals surface area contributed by atoms with Crippen LogP contribution in [0.1, 0.15) is 0 Å². The van der Waals surface area contributed by atoms with Gasteiger partial charge in [-0.2, -0.15) is 0 Å². The molecule has 0 saturated carbocycles. The molecule has 0 fully saturated rings. The van der Waals surface area contributed by atoms with Gasteiger partial charge in [-0.1, -0.05) is 0 Å². The topological polar surface area (TPSA) is 110 Å². The largest absolute Gasteiger partial charge is 2.00 e. The molecule has 0 rings (SSSR count). The Balaban J connectivity index is -0.000000149. The van der Waals surface area contributed by atoms with Gasteiger partial charge in [-0.25, -0.2) is 0 Å². The smallest absolute Gasteiger partial charge is 0.781 e. The Morgan fingerprint density at radius 1 is 1.20 bits per heavy atom. The van der Waals surface area contributed by atoms with Crippen molar-refractivity contribution in [3.05, 3.63) is 0 Å². The van der Waals surface area contributed by atoms with Crippen molar-refractivity contribution in [3.8, 4) is 0 Å². The van der Waals surface area contributed by atoms with Gasteiger partial charge in [0.05, 0.1) is 0 Å². The molecule has 0 bridgehead atoms. The first-order valence-electron chi connectivity index (χ1n) is 1.67. The molecule has 2 atom stereocenters. The van der Waals surface area contributed by atoms with Crippen LogP contribution in [-0.2, 0) is 13.4 Å². The fourth-order valence-corrected chi connectivity index (χ4v) is 0.612. The van der Waals surface area contributed by atoms with Crippen LogP contribution in [-0.4, -0.2) is 22.3 Å². The van der Waals surface area contributed by atoms with Crippen molar-refractivity contribution in [2.24, 2.45) is 0 Å². The normalized spacial score (nSPS) is 13.6. The van der Waals surface area contributed by atoms with Crippen LogP contribution in [0.25, 0.3) is 0 Å². The molecule has 0 radical (unpaired) electrons. The second kappa shape index (κ2) is 12.2. The molecule has 0 saturated heterocycles. The van der Waals surface area contributed by atoms with Crippen molar-refractivity contribution >= 4 is 26.6 Å². The summed E-state index contributed by atoms with van der Waals surface area (Å²) in [5.74, 6) is 0. The molecule has 0 spiro atoms. The summed E-state index contributed by atoms with van der Waals surface area (Å²) >= 11 is 0. The maximum Gasteiger partial charge on any atom is 2.00 e. The van der Waals surface area contributed by atoms with Crippen LogP contribution in [0.2, 0.25) is 0 Å². The summed E-state index contributed by atoms with van der Waals surface area (Å²) in [6.45, 7) is 0. The van der Waals surface area contributed by atoms with Crippen LogP contribution in [0.3, 0.4) is 0 Å². The standard InChI is InChI=1S/CH4O.Be.H4O5P2/c1-2;;1-6(2)5-7(3)4/h2H,1H3;;6-7H,(H,1,2)(H,3,4)/q;+2;/p-2. The maximum absolute atomic E-state index is 9.29. The zero-order valence-electron chi connectivity index (χ0n) is 5.20. The van der Waals surface area contributed by atoms with Gasteiger partial charge in [-0.05, 0) is 0 Å². The summed E-state index contributed by atoms with van der Waals surface area (Å²) in [5, 5.41) is 7.00. The van der Waals surface area contributed by atoms with E-state index >= 15 is 0 Å². The minimum atomic E-state index is -3.51. The van der Waals surface area contributed by atoms with Gasteiger partial charge < -0.3 is 24.0 Å². The molecule has 58 valence electrons. The van der Waals surface area contributed by atoms with Crippen molar-refractivity contribution in [1.29, 1.82) is 0 Å². The predicted octanol–water partition coefficient (Wildman–Crippen LogP) is -2.27. The van der Waals surface area contributed by atoms with E-state index in [2.05, 4.69) is 4.31 Å². The SMILES string of the molecule is CO.O=[PH]([O-])O[PH](=O)[O-].[Be+2]. The Morgan fingerprint density at radius 2 is 1.40 bits per heavy atom. The molecule has 2 unspecified atom stereocenters. The second-order valence-electron chi connectivity index (χ2n) is 0.602. The number of hydrogen-bond acceptors (Lipinski definition) is 6. The first kappa shape index (κ1) is 16.8. The van der Waals surface area contributed by atoms with E-state index in [1.54, 1.807) is 0 Å². The number of aliphatic hydroxyl groups is 1. The zero-order chi connectivity index (χ0) is 7.86. The third-order valence-electron chi connectivity index (χ3n) is 0.167.